The quantitative estimate of drug-likeness (QED) is 0.395. The van der Waals surface area contributed by atoms with E-state index < -0.39 is 0 Å². The van der Waals surface area contributed by atoms with E-state index in [-0.39, 0.29) is 5.91 Å². The summed E-state index contributed by atoms with van der Waals surface area (Å²) in [5.41, 5.74) is 7.95. The van der Waals surface area contributed by atoms with Gasteiger partial charge in [0.2, 0.25) is 0 Å². The first-order chi connectivity index (χ1) is 14.7. The lowest BCUT2D eigenvalue weighted by Crippen LogP contribution is -2.17. The molecular formula is C24H21N5O. The van der Waals surface area contributed by atoms with Crippen molar-refractivity contribution in [2.24, 2.45) is 5.10 Å². The monoisotopic (exact) mass is 395 g/mol. The number of hydrogen-bond donors (Lipinski definition) is 1. The third-order valence-corrected chi connectivity index (χ3v) is 4.56. The van der Waals surface area contributed by atoms with Gasteiger partial charge in [-0.2, -0.15) is 10.2 Å². The number of hydrazone groups is 1. The fraction of sp³-hybridized carbons (Fsp3) is 0.0833. The van der Waals surface area contributed by atoms with Crippen molar-refractivity contribution in [3.8, 4) is 11.3 Å². The molecular weight excluding hydrogens is 374 g/mol. The molecule has 1 amide bonds. The lowest BCUT2D eigenvalue weighted by atomic mass is 10.1. The second-order valence-corrected chi connectivity index (χ2v) is 6.93. The van der Waals surface area contributed by atoms with Crippen molar-refractivity contribution < 1.29 is 4.79 Å². The third kappa shape index (κ3) is 4.67. The topological polar surface area (TPSA) is 72.2 Å². The Morgan fingerprint density at radius 3 is 2.73 bits per heavy atom. The molecule has 6 heteroatoms. The molecule has 148 valence electrons. The van der Waals surface area contributed by atoms with Crippen molar-refractivity contribution in [1.29, 1.82) is 0 Å². The molecule has 4 aromatic rings. The predicted octanol–water partition coefficient (Wildman–Crippen LogP) is 4.07. The van der Waals surface area contributed by atoms with Gasteiger partial charge in [0.15, 0.2) is 0 Å². The number of aromatic nitrogens is 3. The molecule has 6 nitrogen and oxygen atoms in total. The van der Waals surface area contributed by atoms with Gasteiger partial charge in [-0.05, 0) is 30.7 Å². The molecule has 0 aliphatic carbocycles. The van der Waals surface area contributed by atoms with Gasteiger partial charge in [-0.15, -0.1) is 0 Å². The van der Waals surface area contributed by atoms with Crippen molar-refractivity contribution >= 4 is 12.1 Å². The number of amides is 1. The SMILES string of the molecule is Cc1cccc(-c2nn(Cc3ccccc3)cc2/C=N\NC(=O)c2cccnc2)c1. The van der Waals surface area contributed by atoms with Gasteiger partial charge in [-0.1, -0.05) is 54.1 Å². The molecule has 0 fully saturated rings. The number of hydrogen-bond acceptors (Lipinski definition) is 4. The molecule has 1 N–H and O–H groups in total. The number of nitrogens with zero attached hydrogens (tertiary/aromatic N) is 4. The van der Waals surface area contributed by atoms with E-state index in [4.69, 9.17) is 5.10 Å². The standard InChI is InChI=1S/C24H21N5O/c1-18-7-5-10-20(13-18)23-22(15-26-27-24(30)21-11-6-12-25-14-21)17-29(28-23)16-19-8-3-2-4-9-19/h2-15,17H,16H2,1H3,(H,27,30)/b26-15-. The number of carbonyl (C=O) groups is 1. The smallest absolute Gasteiger partial charge is 0.267 e. The predicted molar refractivity (Wildman–Crippen MR) is 117 cm³/mol. The van der Waals surface area contributed by atoms with Crippen LogP contribution in [0.25, 0.3) is 11.3 Å². The van der Waals surface area contributed by atoms with E-state index >= 15 is 0 Å². The largest absolute Gasteiger partial charge is 0.272 e. The van der Waals surface area contributed by atoms with Crippen LogP contribution in [0.2, 0.25) is 0 Å². The van der Waals surface area contributed by atoms with Crippen LogP contribution in [-0.4, -0.2) is 26.9 Å². The number of rotatable bonds is 6. The van der Waals surface area contributed by atoms with E-state index in [1.165, 1.54) is 6.20 Å². The van der Waals surface area contributed by atoms with Gasteiger partial charge in [-0.25, -0.2) is 5.43 Å². The Morgan fingerprint density at radius 1 is 1.10 bits per heavy atom. The number of carbonyl (C=O) groups excluding carboxylic acids is 1. The van der Waals surface area contributed by atoms with Crippen LogP contribution in [0.3, 0.4) is 0 Å². The van der Waals surface area contributed by atoms with Crippen LogP contribution < -0.4 is 5.43 Å². The number of nitrogens with one attached hydrogen (secondary N) is 1. The highest BCUT2D eigenvalue weighted by atomic mass is 16.2. The molecule has 0 atom stereocenters. The summed E-state index contributed by atoms with van der Waals surface area (Å²) in [5.74, 6) is -0.312. The fourth-order valence-corrected chi connectivity index (χ4v) is 3.12. The van der Waals surface area contributed by atoms with E-state index in [1.807, 2.05) is 54.2 Å². The molecule has 30 heavy (non-hydrogen) atoms. The molecule has 0 spiro atoms. The summed E-state index contributed by atoms with van der Waals surface area (Å²) >= 11 is 0. The van der Waals surface area contributed by atoms with Crippen molar-refractivity contribution in [2.45, 2.75) is 13.5 Å². The van der Waals surface area contributed by atoms with Crippen molar-refractivity contribution in [3.63, 3.8) is 0 Å². The Bertz CT molecular complexity index is 1170. The summed E-state index contributed by atoms with van der Waals surface area (Å²) in [6.45, 7) is 2.70. The Hall–Kier alpha value is -4.06. The Morgan fingerprint density at radius 2 is 1.97 bits per heavy atom. The van der Waals surface area contributed by atoms with Crippen LogP contribution in [-0.2, 0) is 6.54 Å². The molecule has 2 aromatic heterocycles. The first-order valence-corrected chi connectivity index (χ1v) is 9.61. The maximum absolute atomic E-state index is 12.2. The van der Waals surface area contributed by atoms with Gasteiger partial charge in [0.05, 0.1) is 18.3 Å². The minimum absolute atomic E-state index is 0.312. The highest BCUT2D eigenvalue weighted by molar-refractivity contribution is 5.95. The van der Waals surface area contributed by atoms with Crippen molar-refractivity contribution in [3.05, 3.63) is 108 Å². The minimum Gasteiger partial charge on any atom is -0.267 e. The summed E-state index contributed by atoms with van der Waals surface area (Å²) in [6, 6.07) is 21.7. The van der Waals surface area contributed by atoms with E-state index in [1.54, 1.807) is 24.5 Å². The molecule has 4 rings (SSSR count). The zero-order chi connectivity index (χ0) is 20.8. The molecule has 0 unspecified atom stereocenters. The molecule has 0 bridgehead atoms. The summed E-state index contributed by atoms with van der Waals surface area (Å²) in [4.78, 5) is 16.1. The number of pyridine rings is 1. The summed E-state index contributed by atoms with van der Waals surface area (Å²) < 4.78 is 1.89. The van der Waals surface area contributed by atoms with Crippen LogP contribution in [0.4, 0.5) is 0 Å². The van der Waals surface area contributed by atoms with Crippen LogP contribution in [0.5, 0.6) is 0 Å². The van der Waals surface area contributed by atoms with Crippen LogP contribution in [0, 0.1) is 6.92 Å². The van der Waals surface area contributed by atoms with E-state index in [2.05, 4.69) is 33.7 Å². The molecule has 2 heterocycles. The molecule has 0 aliphatic heterocycles. The molecule has 0 saturated carbocycles. The van der Waals surface area contributed by atoms with Gasteiger partial charge in [0.25, 0.3) is 5.91 Å². The highest BCUT2D eigenvalue weighted by Gasteiger charge is 2.11. The zero-order valence-electron chi connectivity index (χ0n) is 16.6. The van der Waals surface area contributed by atoms with Gasteiger partial charge < -0.3 is 0 Å². The third-order valence-electron chi connectivity index (χ3n) is 4.56. The first-order valence-electron chi connectivity index (χ1n) is 9.61. The minimum atomic E-state index is -0.312. The van der Waals surface area contributed by atoms with Crippen LogP contribution >= 0.6 is 0 Å². The Balaban J connectivity index is 1.60. The molecule has 0 radical (unpaired) electrons. The molecule has 2 aromatic carbocycles. The van der Waals surface area contributed by atoms with Crippen molar-refractivity contribution in [2.75, 3.05) is 0 Å². The Labute approximate surface area is 174 Å². The van der Waals surface area contributed by atoms with Gasteiger partial charge in [0, 0.05) is 29.7 Å². The highest BCUT2D eigenvalue weighted by Crippen LogP contribution is 2.22. The van der Waals surface area contributed by atoms with Gasteiger partial charge in [-0.3, -0.25) is 14.5 Å². The zero-order valence-corrected chi connectivity index (χ0v) is 16.6. The maximum Gasteiger partial charge on any atom is 0.272 e. The van der Waals surface area contributed by atoms with E-state index in [0.717, 1.165) is 27.9 Å². The second-order valence-electron chi connectivity index (χ2n) is 6.93. The summed E-state index contributed by atoms with van der Waals surface area (Å²) in [5, 5.41) is 8.92. The summed E-state index contributed by atoms with van der Waals surface area (Å²) in [6.07, 6.45) is 6.68. The van der Waals surface area contributed by atoms with Crippen LogP contribution in [0.15, 0.2) is 90.4 Å². The first kappa shape index (κ1) is 19.3. The van der Waals surface area contributed by atoms with Gasteiger partial charge in [0.1, 0.15) is 5.69 Å². The van der Waals surface area contributed by atoms with E-state index in [9.17, 15) is 4.79 Å². The maximum atomic E-state index is 12.2. The number of benzene rings is 2. The molecule has 0 saturated heterocycles. The Kier molecular flexibility index (Phi) is 5.75. The fourth-order valence-electron chi connectivity index (χ4n) is 3.12. The lowest BCUT2D eigenvalue weighted by Gasteiger charge is -2.02. The average molecular weight is 395 g/mol. The van der Waals surface area contributed by atoms with Gasteiger partial charge >= 0.3 is 0 Å². The number of aryl methyl sites for hydroxylation is 1. The van der Waals surface area contributed by atoms with E-state index in [0.29, 0.717) is 12.1 Å². The van der Waals surface area contributed by atoms with Crippen molar-refractivity contribution in [1.82, 2.24) is 20.2 Å². The second kappa shape index (κ2) is 8.96. The van der Waals surface area contributed by atoms with Crippen LogP contribution in [0.1, 0.15) is 27.0 Å². The average Bonchev–Trinajstić information content (AvgIpc) is 3.17. The normalized spacial score (nSPS) is 11.0. The lowest BCUT2D eigenvalue weighted by molar-refractivity contribution is 0.0955. The summed E-state index contributed by atoms with van der Waals surface area (Å²) in [7, 11) is 0. The molecule has 0 aliphatic rings.